The molecule has 41 heavy (non-hydrogen) atoms. The Labute approximate surface area is 243 Å². The summed E-state index contributed by atoms with van der Waals surface area (Å²) in [6.07, 6.45) is 1.03. The number of sulfonamides is 1. The first-order valence-corrected chi connectivity index (χ1v) is 15.2. The molecule has 4 N–H and O–H groups in total. The molecule has 0 saturated carbocycles. The summed E-state index contributed by atoms with van der Waals surface area (Å²) < 4.78 is 27.9. The van der Waals surface area contributed by atoms with Gasteiger partial charge in [0, 0.05) is 31.9 Å². The lowest BCUT2D eigenvalue weighted by Crippen LogP contribution is -2.46. The van der Waals surface area contributed by atoms with Crippen LogP contribution >= 0.6 is 0 Å². The minimum atomic E-state index is -4.06. The molecule has 0 aliphatic heterocycles. The molecular weight excluding hydrogens is 540 g/mol. The number of anilines is 1. The van der Waals surface area contributed by atoms with Gasteiger partial charge in [0.25, 0.3) is 0 Å². The number of amides is 2. The topological polar surface area (TPSA) is 133 Å². The first kappa shape index (κ1) is 31.6. The molecule has 3 rings (SSSR count). The molecule has 3 aromatic carbocycles. The lowest BCUT2D eigenvalue weighted by Gasteiger charge is -2.29. The van der Waals surface area contributed by atoms with Crippen LogP contribution in [0.15, 0.2) is 89.8 Å². The summed E-state index contributed by atoms with van der Waals surface area (Å²) in [7, 11) is -4.06. The third-order valence-electron chi connectivity index (χ3n) is 6.56. The zero-order chi connectivity index (χ0) is 29.8. The first-order chi connectivity index (χ1) is 19.6. The van der Waals surface area contributed by atoms with Crippen molar-refractivity contribution in [3.8, 4) is 0 Å². The number of nitrogens with one attached hydrogen (secondary N) is 1. The van der Waals surface area contributed by atoms with Gasteiger partial charge in [-0.15, -0.1) is 0 Å². The molecule has 0 aliphatic rings. The van der Waals surface area contributed by atoms with E-state index in [2.05, 4.69) is 5.32 Å². The van der Waals surface area contributed by atoms with Crippen molar-refractivity contribution in [3.63, 3.8) is 0 Å². The molecule has 0 bridgehead atoms. The van der Waals surface area contributed by atoms with Crippen molar-refractivity contribution in [2.75, 3.05) is 18.8 Å². The van der Waals surface area contributed by atoms with Crippen molar-refractivity contribution in [2.24, 2.45) is 5.92 Å². The van der Waals surface area contributed by atoms with Crippen molar-refractivity contribution in [2.45, 2.75) is 57.1 Å². The maximum Gasteiger partial charge on any atom is 0.322 e. The van der Waals surface area contributed by atoms with Gasteiger partial charge in [0.2, 0.25) is 10.0 Å². The molecule has 0 radical (unpaired) electrons. The van der Waals surface area contributed by atoms with E-state index in [-0.39, 0.29) is 29.8 Å². The fourth-order valence-corrected chi connectivity index (χ4v) is 6.27. The van der Waals surface area contributed by atoms with Crippen LogP contribution in [0.1, 0.15) is 44.2 Å². The number of unbranched alkanes of at least 4 members (excludes halogenated alkanes) is 1. The average Bonchev–Trinajstić information content (AvgIpc) is 2.94. The van der Waals surface area contributed by atoms with Gasteiger partial charge in [-0.3, -0.25) is 4.79 Å². The Balaban J connectivity index is 1.62. The molecule has 10 heteroatoms. The van der Waals surface area contributed by atoms with Gasteiger partial charge in [-0.05, 0) is 60.6 Å². The fraction of sp³-hybridized carbons (Fsp3) is 0.355. The van der Waals surface area contributed by atoms with Crippen LogP contribution in [0.4, 0.5) is 10.5 Å². The molecule has 0 aliphatic carbocycles. The van der Waals surface area contributed by atoms with Gasteiger partial charge in [-0.1, -0.05) is 74.5 Å². The monoisotopic (exact) mass is 580 g/mol. The van der Waals surface area contributed by atoms with E-state index in [9.17, 15) is 23.1 Å². The van der Waals surface area contributed by atoms with Crippen molar-refractivity contribution in [3.05, 3.63) is 96.1 Å². The van der Waals surface area contributed by atoms with Crippen LogP contribution in [0.2, 0.25) is 0 Å². The number of urea groups is 1. The molecule has 1 atom stereocenters. The SMILES string of the molecule is CC(C)CN([C@@H](CCCCNC(=O)N(Cc1ccccc1)Cc1ccccc1)C(=O)O)S(=O)(=O)c1ccc(N)cc1. The van der Waals surface area contributed by atoms with Crippen LogP contribution in [-0.2, 0) is 27.9 Å². The number of nitrogens with two attached hydrogens (primary N) is 1. The van der Waals surface area contributed by atoms with Crippen LogP contribution in [0, 0.1) is 5.92 Å². The summed E-state index contributed by atoms with van der Waals surface area (Å²) in [5, 5.41) is 13.0. The minimum Gasteiger partial charge on any atom is -0.480 e. The van der Waals surface area contributed by atoms with Gasteiger partial charge in [-0.2, -0.15) is 4.31 Å². The molecule has 2 amide bonds. The number of aliphatic carboxylic acids is 1. The zero-order valence-corrected chi connectivity index (χ0v) is 24.5. The number of benzene rings is 3. The Hall–Kier alpha value is -3.89. The molecule has 0 spiro atoms. The van der Waals surface area contributed by atoms with Gasteiger partial charge in [0.15, 0.2) is 0 Å². The largest absolute Gasteiger partial charge is 0.480 e. The number of hydrogen-bond donors (Lipinski definition) is 3. The Morgan fingerprint density at radius 2 is 1.39 bits per heavy atom. The molecule has 220 valence electrons. The van der Waals surface area contributed by atoms with Crippen molar-refractivity contribution in [1.82, 2.24) is 14.5 Å². The summed E-state index contributed by atoms with van der Waals surface area (Å²) in [4.78, 5) is 27.1. The predicted molar refractivity (Wildman–Crippen MR) is 160 cm³/mol. The number of rotatable bonds is 15. The molecular formula is C31H40N4O5S. The van der Waals surface area contributed by atoms with Crippen LogP contribution in [0.5, 0.6) is 0 Å². The van der Waals surface area contributed by atoms with Gasteiger partial charge in [0.05, 0.1) is 4.90 Å². The van der Waals surface area contributed by atoms with E-state index in [1.165, 1.54) is 24.3 Å². The number of nitrogen functional groups attached to an aromatic ring is 1. The third-order valence-corrected chi connectivity index (χ3v) is 8.45. The highest BCUT2D eigenvalue weighted by molar-refractivity contribution is 7.89. The quantitative estimate of drug-likeness (QED) is 0.172. The number of carboxylic acids is 1. The highest BCUT2D eigenvalue weighted by Crippen LogP contribution is 2.24. The molecule has 0 unspecified atom stereocenters. The van der Waals surface area contributed by atoms with Crippen LogP contribution in [0.3, 0.4) is 0 Å². The van der Waals surface area contributed by atoms with E-state index in [4.69, 9.17) is 5.73 Å². The lowest BCUT2D eigenvalue weighted by molar-refractivity contribution is -0.141. The van der Waals surface area contributed by atoms with Gasteiger partial charge < -0.3 is 21.1 Å². The Bertz CT molecular complexity index is 1310. The molecule has 0 saturated heterocycles. The fourth-order valence-electron chi connectivity index (χ4n) is 4.50. The average molecular weight is 581 g/mol. The third kappa shape index (κ3) is 9.61. The van der Waals surface area contributed by atoms with Crippen LogP contribution in [0.25, 0.3) is 0 Å². The van der Waals surface area contributed by atoms with E-state index in [1.807, 2.05) is 74.5 Å². The van der Waals surface area contributed by atoms with E-state index in [0.717, 1.165) is 15.4 Å². The summed E-state index contributed by atoms with van der Waals surface area (Å²) in [6, 6.07) is 23.8. The van der Waals surface area contributed by atoms with Gasteiger partial charge in [-0.25, -0.2) is 13.2 Å². The van der Waals surface area contributed by atoms with E-state index in [1.54, 1.807) is 4.90 Å². The van der Waals surface area contributed by atoms with E-state index < -0.39 is 22.0 Å². The molecule has 0 aromatic heterocycles. The maximum absolute atomic E-state index is 13.4. The molecule has 9 nitrogen and oxygen atoms in total. The number of carboxylic acid groups (broad SMARTS) is 1. The first-order valence-electron chi connectivity index (χ1n) is 13.8. The summed E-state index contributed by atoms with van der Waals surface area (Å²) >= 11 is 0. The Morgan fingerprint density at radius 1 is 0.854 bits per heavy atom. The highest BCUT2D eigenvalue weighted by atomic mass is 32.2. The molecule has 3 aromatic rings. The molecule has 0 fully saturated rings. The number of hydrogen-bond acceptors (Lipinski definition) is 5. The Morgan fingerprint density at radius 3 is 1.88 bits per heavy atom. The smallest absolute Gasteiger partial charge is 0.322 e. The molecule has 0 heterocycles. The van der Waals surface area contributed by atoms with Crippen molar-refractivity contribution < 1.29 is 23.1 Å². The predicted octanol–water partition coefficient (Wildman–Crippen LogP) is 4.95. The normalized spacial score (nSPS) is 12.3. The maximum atomic E-state index is 13.4. The zero-order valence-electron chi connectivity index (χ0n) is 23.6. The summed E-state index contributed by atoms with van der Waals surface area (Å²) in [6.45, 7) is 4.97. The van der Waals surface area contributed by atoms with Crippen molar-refractivity contribution >= 4 is 27.7 Å². The number of nitrogens with zero attached hydrogens (tertiary/aromatic N) is 2. The second kappa shape index (κ2) is 15.2. The van der Waals surface area contributed by atoms with Gasteiger partial charge >= 0.3 is 12.0 Å². The second-order valence-electron chi connectivity index (χ2n) is 10.4. The van der Waals surface area contributed by atoms with Crippen molar-refractivity contribution in [1.29, 1.82) is 0 Å². The minimum absolute atomic E-state index is 0.00258. The number of carbonyl (C=O) groups is 2. The van der Waals surface area contributed by atoms with E-state index in [0.29, 0.717) is 38.2 Å². The lowest BCUT2D eigenvalue weighted by atomic mass is 10.1. The second-order valence-corrected chi connectivity index (χ2v) is 12.3. The van der Waals surface area contributed by atoms with Crippen LogP contribution < -0.4 is 11.1 Å². The van der Waals surface area contributed by atoms with Gasteiger partial charge in [0.1, 0.15) is 6.04 Å². The Kier molecular flexibility index (Phi) is 11.7. The standard InChI is InChI=1S/C31H40N4O5S/c1-24(2)21-35(41(39,40)28-18-16-27(32)17-19-28)29(30(36)37)15-9-10-20-33-31(38)34(22-25-11-5-3-6-12-25)23-26-13-7-4-8-14-26/h3-8,11-14,16-19,24,29H,9-10,15,20-23,32H2,1-2H3,(H,33,38)(H,36,37)/t29-/m0/s1. The van der Waals surface area contributed by atoms with Crippen LogP contribution in [-0.4, -0.2) is 53.9 Å². The number of carbonyl (C=O) groups excluding carboxylic acids is 1. The highest BCUT2D eigenvalue weighted by Gasteiger charge is 2.36. The summed E-state index contributed by atoms with van der Waals surface area (Å²) in [5.41, 5.74) is 8.15. The van der Waals surface area contributed by atoms with E-state index >= 15 is 0 Å². The summed E-state index contributed by atoms with van der Waals surface area (Å²) in [5.74, 6) is -1.29.